The molecule has 0 bridgehead atoms. The van der Waals surface area contributed by atoms with Gasteiger partial charge >= 0.3 is 6.09 Å². The molecular weight excluding hydrogens is 240 g/mol. The second-order valence-corrected chi connectivity index (χ2v) is 4.12. The molecule has 2 rings (SSSR count). The number of anilines is 1. The van der Waals surface area contributed by atoms with Crippen molar-refractivity contribution in [1.82, 2.24) is 4.98 Å². The number of hydrogen-bond donors (Lipinski definition) is 1. The molecule has 1 N–H and O–H groups in total. The van der Waals surface area contributed by atoms with Crippen molar-refractivity contribution in [3.8, 4) is 0 Å². The van der Waals surface area contributed by atoms with E-state index < -0.39 is 6.09 Å². The van der Waals surface area contributed by atoms with Crippen molar-refractivity contribution in [3.05, 3.63) is 59.9 Å². The number of aromatic nitrogens is 1. The average molecular weight is 256 g/mol. The first kappa shape index (κ1) is 13.1. The lowest BCUT2D eigenvalue weighted by Gasteiger charge is -2.07. The number of carbonyl (C=O) groups is 1. The molecule has 4 nitrogen and oxygen atoms in total. The van der Waals surface area contributed by atoms with Crippen LogP contribution in [0.4, 0.5) is 10.5 Å². The van der Waals surface area contributed by atoms with Crippen LogP contribution in [0.3, 0.4) is 0 Å². The summed E-state index contributed by atoms with van der Waals surface area (Å²) in [6, 6.07) is 11.4. The Kier molecular flexibility index (Phi) is 4.50. The van der Waals surface area contributed by atoms with E-state index in [1.165, 1.54) is 5.56 Å². The summed E-state index contributed by atoms with van der Waals surface area (Å²) in [5.41, 5.74) is 2.78. The zero-order chi connectivity index (χ0) is 13.5. The molecule has 1 aromatic carbocycles. The van der Waals surface area contributed by atoms with Crippen molar-refractivity contribution in [3.63, 3.8) is 0 Å². The Bertz CT molecular complexity index is 541. The molecule has 19 heavy (non-hydrogen) atoms. The van der Waals surface area contributed by atoms with E-state index in [-0.39, 0.29) is 6.61 Å². The van der Waals surface area contributed by atoms with Gasteiger partial charge in [0.15, 0.2) is 0 Å². The summed E-state index contributed by atoms with van der Waals surface area (Å²) < 4.78 is 5.12. The van der Waals surface area contributed by atoms with Crippen LogP contribution in [0.15, 0.2) is 48.8 Å². The average Bonchev–Trinajstić information content (AvgIpc) is 2.46. The highest BCUT2D eigenvalue weighted by molar-refractivity contribution is 5.84. The maximum atomic E-state index is 11.6. The Hall–Kier alpha value is -2.36. The van der Waals surface area contributed by atoms with Gasteiger partial charge in [0.05, 0.1) is 0 Å². The second-order valence-electron chi connectivity index (χ2n) is 4.12. The topological polar surface area (TPSA) is 51.2 Å². The van der Waals surface area contributed by atoms with Gasteiger partial charge < -0.3 is 4.74 Å². The summed E-state index contributed by atoms with van der Waals surface area (Å²) in [5.74, 6) is 0. The van der Waals surface area contributed by atoms with Crippen molar-refractivity contribution in [1.29, 1.82) is 0 Å². The number of rotatable bonds is 4. The Morgan fingerprint density at radius 3 is 2.84 bits per heavy atom. The standard InChI is InChI=1S/C15H16N2O2/c1-2-12-5-3-7-14(9-12)17-15(18)19-11-13-6-4-8-16-10-13/h3-10H,2,11H2,1H3,(H,17,18). The van der Waals surface area contributed by atoms with Gasteiger partial charge in [-0.1, -0.05) is 25.1 Å². The lowest BCUT2D eigenvalue weighted by Crippen LogP contribution is -2.13. The van der Waals surface area contributed by atoms with E-state index in [0.29, 0.717) is 0 Å². The monoisotopic (exact) mass is 256 g/mol. The van der Waals surface area contributed by atoms with Crippen molar-refractivity contribution in [2.45, 2.75) is 20.0 Å². The first-order valence-corrected chi connectivity index (χ1v) is 6.19. The van der Waals surface area contributed by atoms with E-state index in [1.807, 2.05) is 30.3 Å². The zero-order valence-corrected chi connectivity index (χ0v) is 10.8. The van der Waals surface area contributed by atoms with Gasteiger partial charge in [-0.2, -0.15) is 0 Å². The van der Waals surface area contributed by atoms with Gasteiger partial charge in [-0.15, -0.1) is 0 Å². The normalized spacial score (nSPS) is 9.95. The molecule has 0 aliphatic heterocycles. The van der Waals surface area contributed by atoms with Gasteiger partial charge in [0.25, 0.3) is 0 Å². The molecule has 0 radical (unpaired) electrons. The highest BCUT2D eigenvalue weighted by Crippen LogP contribution is 2.11. The quantitative estimate of drug-likeness (QED) is 0.912. The van der Waals surface area contributed by atoms with Gasteiger partial charge in [-0.3, -0.25) is 10.3 Å². The van der Waals surface area contributed by atoms with Crippen LogP contribution in [-0.4, -0.2) is 11.1 Å². The molecule has 0 spiro atoms. The van der Waals surface area contributed by atoms with Crippen molar-refractivity contribution < 1.29 is 9.53 Å². The van der Waals surface area contributed by atoms with Crippen LogP contribution in [0.1, 0.15) is 18.1 Å². The minimum absolute atomic E-state index is 0.215. The molecule has 4 heteroatoms. The molecule has 0 atom stereocenters. The van der Waals surface area contributed by atoms with Crippen LogP contribution in [0.25, 0.3) is 0 Å². The van der Waals surface area contributed by atoms with Crippen LogP contribution < -0.4 is 5.32 Å². The Balaban J connectivity index is 1.87. The van der Waals surface area contributed by atoms with Crippen LogP contribution >= 0.6 is 0 Å². The van der Waals surface area contributed by atoms with Gasteiger partial charge in [-0.25, -0.2) is 4.79 Å². The predicted molar refractivity (Wildman–Crippen MR) is 73.9 cm³/mol. The maximum absolute atomic E-state index is 11.6. The number of ether oxygens (including phenoxy) is 1. The molecule has 0 fully saturated rings. The number of amides is 1. The van der Waals surface area contributed by atoms with Crippen LogP contribution in [-0.2, 0) is 17.8 Å². The third-order valence-corrected chi connectivity index (χ3v) is 2.67. The Labute approximate surface area is 112 Å². The van der Waals surface area contributed by atoms with E-state index >= 15 is 0 Å². The van der Waals surface area contributed by atoms with E-state index in [1.54, 1.807) is 18.5 Å². The SMILES string of the molecule is CCc1cccc(NC(=O)OCc2cccnc2)c1. The molecule has 0 saturated carbocycles. The molecule has 2 aromatic rings. The fourth-order valence-corrected chi connectivity index (χ4v) is 1.66. The number of nitrogens with zero attached hydrogens (tertiary/aromatic N) is 1. The van der Waals surface area contributed by atoms with Gasteiger partial charge in [-0.05, 0) is 30.2 Å². The van der Waals surface area contributed by atoms with Crippen molar-refractivity contribution in [2.24, 2.45) is 0 Å². The van der Waals surface area contributed by atoms with Gasteiger partial charge in [0.1, 0.15) is 6.61 Å². The fraction of sp³-hybridized carbons (Fsp3) is 0.200. The number of benzene rings is 1. The molecule has 0 saturated heterocycles. The lowest BCUT2D eigenvalue weighted by molar-refractivity contribution is 0.155. The van der Waals surface area contributed by atoms with E-state index in [4.69, 9.17) is 4.74 Å². The molecule has 1 amide bonds. The van der Waals surface area contributed by atoms with E-state index in [0.717, 1.165) is 17.7 Å². The summed E-state index contributed by atoms with van der Waals surface area (Å²) in [4.78, 5) is 15.6. The summed E-state index contributed by atoms with van der Waals surface area (Å²) in [7, 11) is 0. The highest BCUT2D eigenvalue weighted by Gasteiger charge is 2.04. The molecule has 98 valence electrons. The van der Waals surface area contributed by atoms with Crippen LogP contribution in [0, 0.1) is 0 Å². The lowest BCUT2D eigenvalue weighted by atomic mass is 10.1. The number of pyridine rings is 1. The first-order valence-electron chi connectivity index (χ1n) is 6.19. The number of nitrogens with one attached hydrogen (secondary N) is 1. The van der Waals surface area contributed by atoms with Gasteiger partial charge in [0, 0.05) is 23.6 Å². The summed E-state index contributed by atoms with van der Waals surface area (Å²) >= 11 is 0. The Morgan fingerprint density at radius 1 is 1.26 bits per heavy atom. The predicted octanol–water partition coefficient (Wildman–Crippen LogP) is 3.39. The van der Waals surface area contributed by atoms with E-state index in [9.17, 15) is 4.79 Å². The third-order valence-electron chi connectivity index (χ3n) is 2.67. The van der Waals surface area contributed by atoms with Crippen LogP contribution in [0.2, 0.25) is 0 Å². The smallest absolute Gasteiger partial charge is 0.411 e. The van der Waals surface area contributed by atoms with E-state index in [2.05, 4.69) is 17.2 Å². The van der Waals surface area contributed by atoms with Crippen molar-refractivity contribution >= 4 is 11.8 Å². The Morgan fingerprint density at radius 2 is 2.11 bits per heavy atom. The largest absolute Gasteiger partial charge is 0.444 e. The van der Waals surface area contributed by atoms with Crippen molar-refractivity contribution in [2.75, 3.05) is 5.32 Å². The summed E-state index contributed by atoms with van der Waals surface area (Å²) in [6.07, 6.45) is 3.82. The second kappa shape index (κ2) is 6.54. The first-order chi connectivity index (χ1) is 9.28. The number of aryl methyl sites for hydroxylation is 1. The minimum atomic E-state index is -0.461. The van der Waals surface area contributed by atoms with Crippen LogP contribution in [0.5, 0.6) is 0 Å². The fourth-order valence-electron chi connectivity index (χ4n) is 1.66. The summed E-state index contributed by atoms with van der Waals surface area (Å²) in [6.45, 7) is 2.28. The highest BCUT2D eigenvalue weighted by atomic mass is 16.5. The third kappa shape index (κ3) is 4.10. The summed E-state index contributed by atoms with van der Waals surface area (Å²) in [5, 5.41) is 2.71. The molecule has 1 heterocycles. The van der Waals surface area contributed by atoms with Gasteiger partial charge in [0.2, 0.25) is 0 Å². The molecule has 0 aliphatic carbocycles. The molecule has 0 aliphatic rings. The minimum Gasteiger partial charge on any atom is -0.444 e. The zero-order valence-electron chi connectivity index (χ0n) is 10.8. The molecular formula is C15H16N2O2. The molecule has 0 unspecified atom stereocenters. The number of hydrogen-bond acceptors (Lipinski definition) is 3. The maximum Gasteiger partial charge on any atom is 0.411 e. The number of carbonyl (C=O) groups excluding carboxylic acids is 1. The molecule has 1 aromatic heterocycles.